The second-order valence-corrected chi connectivity index (χ2v) is 4.25. The van der Waals surface area contributed by atoms with Crippen molar-refractivity contribution in [2.75, 3.05) is 13.1 Å². The SMILES string of the molecule is O=S1C=CNC2(CCNCC2)N1. The number of nitrogens with one attached hydrogen (secondary N) is 3. The van der Waals surface area contributed by atoms with Gasteiger partial charge in [-0.3, -0.25) is 0 Å². The molecule has 1 spiro atoms. The Morgan fingerprint density at radius 2 is 2.08 bits per heavy atom. The van der Waals surface area contributed by atoms with Crippen LogP contribution in [0.1, 0.15) is 12.8 Å². The number of hydrogen-bond donors (Lipinski definition) is 3. The lowest BCUT2D eigenvalue weighted by Gasteiger charge is -2.39. The van der Waals surface area contributed by atoms with Gasteiger partial charge in [-0.1, -0.05) is 0 Å². The molecule has 0 aromatic rings. The summed E-state index contributed by atoms with van der Waals surface area (Å²) in [5, 5.41) is 8.14. The molecular weight excluding hydrogens is 174 g/mol. The Hall–Kier alpha value is -0.390. The van der Waals surface area contributed by atoms with Crippen LogP contribution < -0.4 is 15.4 Å². The summed E-state index contributed by atoms with van der Waals surface area (Å²) in [5.74, 6) is 0. The highest BCUT2D eigenvalue weighted by Crippen LogP contribution is 2.17. The zero-order valence-electron chi connectivity index (χ0n) is 6.80. The Balaban J connectivity index is 2.09. The molecule has 2 aliphatic heterocycles. The average molecular weight is 187 g/mol. The predicted molar refractivity (Wildman–Crippen MR) is 48.4 cm³/mol. The van der Waals surface area contributed by atoms with Gasteiger partial charge in [0.05, 0.1) is 0 Å². The molecule has 2 rings (SSSR count). The van der Waals surface area contributed by atoms with Crippen molar-refractivity contribution in [2.24, 2.45) is 0 Å². The summed E-state index contributed by atoms with van der Waals surface area (Å²) in [4.78, 5) is 0. The summed E-state index contributed by atoms with van der Waals surface area (Å²) in [6, 6.07) is 0. The third kappa shape index (κ3) is 1.53. The molecule has 0 aromatic heterocycles. The molecule has 1 unspecified atom stereocenters. The molecule has 0 saturated carbocycles. The van der Waals surface area contributed by atoms with Gasteiger partial charge in [-0.05, 0) is 25.9 Å². The number of piperidine rings is 1. The second-order valence-electron chi connectivity index (χ2n) is 3.18. The van der Waals surface area contributed by atoms with Crippen LogP contribution in [0.3, 0.4) is 0 Å². The topological polar surface area (TPSA) is 53.2 Å². The molecule has 2 aliphatic rings. The molecule has 1 fully saturated rings. The maximum Gasteiger partial charge on any atom is 0.120 e. The van der Waals surface area contributed by atoms with Crippen LogP contribution in [0.5, 0.6) is 0 Å². The third-order valence-electron chi connectivity index (χ3n) is 2.30. The van der Waals surface area contributed by atoms with Gasteiger partial charge < -0.3 is 10.6 Å². The van der Waals surface area contributed by atoms with E-state index in [1.165, 1.54) is 0 Å². The molecule has 2 heterocycles. The summed E-state index contributed by atoms with van der Waals surface area (Å²) in [6.45, 7) is 1.95. The molecule has 0 bridgehead atoms. The van der Waals surface area contributed by atoms with E-state index in [9.17, 15) is 4.21 Å². The Kier molecular flexibility index (Phi) is 2.16. The summed E-state index contributed by atoms with van der Waals surface area (Å²) in [5.41, 5.74) is -0.120. The van der Waals surface area contributed by atoms with Crippen molar-refractivity contribution in [3.63, 3.8) is 0 Å². The first-order valence-electron chi connectivity index (χ1n) is 4.14. The fourth-order valence-corrected chi connectivity index (χ4v) is 2.52. The molecule has 1 atom stereocenters. The van der Waals surface area contributed by atoms with E-state index in [-0.39, 0.29) is 5.66 Å². The van der Waals surface area contributed by atoms with Crippen molar-refractivity contribution in [3.8, 4) is 0 Å². The van der Waals surface area contributed by atoms with E-state index in [1.807, 2.05) is 0 Å². The van der Waals surface area contributed by atoms with Crippen molar-refractivity contribution in [1.29, 1.82) is 0 Å². The number of rotatable bonds is 0. The van der Waals surface area contributed by atoms with Gasteiger partial charge in [-0.2, -0.15) is 0 Å². The van der Waals surface area contributed by atoms with Crippen LogP contribution in [0.15, 0.2) is 11.6 Å². The molecule has 3 N–H and O–H groups in total. The van der Waals surface area contributed by atoms with Gasteiger partial charge in [0.25, 0.3) is 0 Å². The number of hydrogen-bond acceptors (Lipinski definition) is 3. The van der Waals surface area contributed by atoms with E-state index < -0.39 is 11.0 Å². The monoisotopic (exact) mass is 187 g/mol. The highest BCUT2D eigenvalue weighted by Gasteiger charge is 2.33. The quantitative estimate of drug-likeness (QED) is 0.474. The van der Waals surface area contributed by atoms with Crippen molar-refractivity contribution >= 4 is 11.0 Å². The molecular formula is C7H13N3OS. The molecule has 0 amide bonds. The van der Waals surface area contributed by atoms with Gasteiger partial charge in [0.15, 0.2) is 0 Å². The van der Waals surface area contributed by atoms with Crippen LogP contribution in [0, 0.1) is 0 Å². The lowest BCUT2D eigenvalue weighted by molar-refractivity contribution is 0.252. The van der Waals surface area contributed by atoms with E-state index in [4.69, 9.17) is 0 Å². The van der Waals surface area contributed by atoms with Crippen LogP contribution in [0.2, 0.25) is 0 Å². The summed E-state index contributed by atoms with van der Waals surface area (Å²) in [6.07, 6.45) is 3.74. The molecule has 1 saturated heterocycles. The lowest BCUT2D eigenvalue weighted by atomic mass is 10.00. The standard InChI is InChI=1S/C7H13N3OS/c11-12-6-5-9-7(10-12)1-3-8-4-2-7/h5-6,8-10H,1-4H2. The zero-order chi connectivity index (χ0) is 8.44. The van der Waals surface area contributed by atoms with Gasteiger partial charge in [0.1, 0.15) is 16.6 Å². The van der Waals surface area contributed by atoms with E-state index >= 15 is 0 Å². The lowest BCUT2D eigenvalue weighted by Crippen LogP contribution is -2.61. The van der Waals surface area contributed by atoms with Crippen LogP contribution in [-0.4, -0.2) is 23.0 Å². The van der Waals surface area contributed by atoms with Crippen molar-refractivity contribution in [1.82, 2.24) is 15.4 Å². The summed E-state index contributed by atoms with van der Waals surface area (Å²) in [7, 11) is -0.998. The smallest absolute Gasteiger partial charge is 0.120 e. The van der Waals surface area contributed by atoms with Gasteiger partial charge >= 0.3 is 0 Å². The Morgan fingerprint density at radius 3 is 2.75 bits per heavy atom. The minimum absolute atomic E-state index is 0.120. The normalized spacial score (nSPS) is 33.2. The molecule has 4 nitrogen and oxygen atoms in total. The van der Waals surface area contributed by atoms with Crippen LogP contribution in [-0.2, 0) is 11.0 Å². The fraction of sp³-hybridized carbons (Fsp3) is 0.714. The van der Waals surface area contributed by atoms with Crippen LogP contribution in [0.25, 0.3) is 0 Å². The van der Waals surface area contributed by atoms with Gasteiger partial charge in [-0.15, -0.1) is 0 Å². The minimum atomic E-state index is -0.998. The zero-order valence-corrected chi connectivity index (χ0v) is 7.62. The van der Waals surface area contributed by atoms with Gasteiger partial charge in [-0.25, -0.2) is 8.93 Å². The average Bonchev–Trinajstić information content (AvgIpc) is 2.05. The first kappa shape index (κ1) is 8.22. The largest absolute Gasteiger partial charge is 0.372 e. The van der Waals surface area contributed by atoms with E-state index in [0.717, 1.165) is 25.9 Å². The highest BCUT2D eigenvalue weighted by atomic mass is 32.2. The molecule has 68 valence electrons. The van der Waals surface area contributed by atoms with Gasteiger partial charge in [0, 0.05) is 11.6 Å². The maximum absolute atomic E-state index is 11.2. The molecule has 0 radical (unpaired) electrons. The van der Waals surface area contributed by atoms with Crippen molar-refractivity contribution < 1.29 is 4.21 Å². The van der Waals surface area contributed by atoms with E-state index in [2.05, 4.69) is 15.4 Å². The first-order chi connectivity index (χ1) is 5.81. The van der Waals surface area contributed by atoms with E-state index in [0.29, 0.717) is 0 Å². The summed E-state index contributed by atoms with van der Waals surface area (Å²) < 4.78 is 14.3. The Bertz CT molecular complexity index is 223. The minimum Gasteiger partial charge on any atom is -0.372 e. The fourth-order valence-electron chi connectivity index (χ4n) is 1.61. The third-order valence-corrected chi connectivity index (χ3v) is 3.28. The van der Waals surface area contributed by atoms with Gasteiger partial charge in [0.2, 0.25) is 0 Å². The van der Waals surface area contributed by atoms with Crippen LogP contribution >= 0.6 is 0 Å². The first-order valence-corrected chi connectivity index (χ1v) is 5.36. The van der Waals surface area contributed by atoms with Crippen molar-refractivity contribution in [3.05, 3.63) is 11.6 Å². The Labute approximate surface area is 74.4 Å². The maximum atomic E-state index is 11.2. The second kappa shape index (κ2) is 3.16. The van der Waals surface area contributed by atoms with Crippen molar-refractivity contribution in [2.45, 2.75) is 18.5 Å². The summed E-state index contributed by atoms with van der Waals surface area (Å²) >= 11 is 0. The predicted octanol–water partition coefficient (Wildman–Crippen LogP) is -0.606. The van der Waals surface area contributed by atoms with Crippen LogP contribution in [0.4, 0.5) is 0 Å². The highest BCUT2D eigenvalue weighted by molar-refractivity contribution is 7.86. The molecule has 5 heteroatoms. The molecule has 0 aliphatic carbocycles. The molecule has 12 heavy (non-hydrogen) atoms. The molecule has 0 aromatic carbocycles. The Morgan fingerprint density at radius 1 is 1.33 bits per heavy atom. The van der Waals surface area contributed by atoms with E-state index in [1.54, 1.807) is 11.6 Å².